The molecule has 22 heavy (non-hydrogen) atoms. The van der Waals surface area contributed by atoms with Crippen LogP contribution in [-0.4, -0.2) is 59.5 Å². The summed E-state index contributed by atoms with van der Waals surface area (Å²) in [4.78, 5) is 26.9. The van der Waals surface area contributed by atoms with Crippen molar-refractivity contribution in [2.75, 3.05) is 26.2 Å². The number of piperidine rings is 1. The van der Waals surface area contributed by atoms with Gasteiger partial charge in [-0.05, 0) is 32.6 Å². The molecule has 0 aromatic rings. The largest absolute Gasteiger partial charge is 0.406 e. The molecule has 0 bridgehead atoms. The molecule has 1 unspecified atom stereocenters. The minimum Gasteiger partial charge on any atom is -0.340 e. The van der Waals surface area contributed by atoms with Gasteiger partial charge in [0.05, 0.1) is 11.5 Å². The molecule has 1 saturated carbocycles. The fourth-order valence-corrected chi connectivity index (χ4v) is 2.85. The SMILES string of the molecule is CCN(CC(F)(F)F)C(=O)C1CCCN(C(=O)C2(N)CC2)C1. The van der Waals surface area contributed by atoms with Crippen LogP contribution in [0.25, 0.3) is 0 Å². The number of likely N-dealkylation sites (tertiary alicyclic amines) is 1. The van der Waals surface area contributed by atoms with E-state index in [-0.39, 0.29) is 19.0 Å². The maximum Gasteiger partial charge on any atom is 0.406 e. The molecule has 2 rings (SSSR count). The minimum absolute atomic E-state index is 0.00359. The Balaban J connectivity index is 1.98. The summed E-state index contributed by atoms with van der Waals surface area (Å²) in [5.74, 6) is -1.27. The summed E-state index contributed by atoms with van der Waals surface area (Å²) in [5.41, 5.74) is 5.07. The van der Waals surface area contributed by atoms with Gasteiger partial charge >= 0.3 is 6.18 Å². The van der Waals surface area contributed by atoms with E-state index in [9.17, 15) is 22.8 Å². The van der Waals surface area contributed by atoms with Gasteiger partial charge in [-0.3, -0.25) is 9.59 Å². The van der Waals surface area contributed by atoms with E-state index < -0.39 is 30.1 Å². The molecule has 1 saturated heterocycles. The Hall–Kier alpha value is -1.31. The molecule has 1 heterocycles. The molecule has 2 amide bonds. The first kappa shape index (κ1) is 17.1. The number of carbonyl (C=O) groups excluding carboxylic acids is 2. The van der Waals surface area contributed by atoms with Crippen LogP contribution in [0.5, 0.6) is 0 Å². The summed E-state index contributed by atoms with van der Waals surface area (Å²) >= 11 is 0. The minimum atomic E-state index is -4.41. The second-order valence-corrected chi connectivity index (χ2v) is 6.21. The van der Waals surface area contributed by atoms with Gasteiger partial charge in [-0.15, -0.1) is 0 Å². The van der Waals surface area contributed by atoms with Crippen molar-refractivity contribution < 1.29 is 22.8 Å². The number of nitrogens with two attached hydrogens (primary N) is 1. The highest BCUT2D eigenvalue weighted by molar-refractivity contribution is 5.90. The van der Waals surface area contributed by atoms with Crippen LogP contribution < -0.4 is 5.73 Å². The Morgan fingerprint density at radius 2 is 2.00 bits per heavy atom. The Morgan fingerprint density at radius 1 is 1.36 bits per heavy atom. The predicted octanol–water partition coefficient (Wildman–Crippen LogP) is 1.13. The van der Waals surface area contributed by atoms with Crippen molar-refractivity contribution in [1.82, 2.24) is 9.80 Å². The molecule has 126 valence electrons. The number of carbonyl (C=O) groups is 2. The van der Waals surface area contributed by atoms with E-state index in [2.05, 4.69) is 0 Å². The molecule has 0 radical (unpaired) electrons. The Kier molecular flexibility index (Phi) is 4.70. The van der Waals surface area contributed by atoms with Gasteiger partial charge in [0.1, 0.15) is 6.54 Å². The zero-order valence-electron chi connectivity index (χ0n) is 12.7. The Labute approximate surface area is 127 Å². The lowest BCUT2D eigenvalue weighted by molar-refractivity contribution is -0.165. The van der Waals surface area contributed by atoms with Crippen LogP contribution in [0, 0.1) is 5.92 Å². The van der Waals surface area contributed by atoms with Crippen molar-refractivity contribution >= 4 is 11.8 Å². The van der Waals surface area contributed by atoms with Crippen molar-refractivity contribution in [2.45, 2.75) is 44.3 Å². The first-order valence-electron chi connectivity index (χ1n) is 7.60. The van der Waals surface area contributed by atoms with Crippen molar-refractivity contribution in [1.29, 1.82) is 0 Å². The molecule has 0 aromatic carbocycles. The number of alkyl halides is 3. The fraction of sp³-hybridized carbons (Fsp3) is 0.857. The van der Waals surface area contributed by atoms with Crippen LogP contribution in [0.15, 0.2) is 0 Å². The predicted molar refractivity (Wildman–Crippen MR) is 73.8 cm³/mol. The lowest BCUT2D eigenvalue weighted by Gasteiger charge is -2.36. The maximum atomic E-state index is 12.5. The van der Waals surface area contributed by atoms with Crippen LogP contribution >= 0.6 is 0 Å². The highest BCUT2D eigenvalue weighted by Gasteiger charge is 2.49. The van der Waals surface area contributed by atoms with E-state index in [1.54, 1.807) is 4.90 Å². The second kappa shape index (κ2) is 6.06. The summed E-state index contributed by atoms with van der Waals surface area (Å²) in [6, 6.07) is 0. The topological polar surface area (TPSA) is 66.6 Å². The summed E-state index contributed by atoms with van der Waals surface area (Å²) < 4.78 is 37.5. The Morgan fingerprint density at radius 3 is 2.50 bits per heavy atom. The molecule has 2 fully saturated rings. The third-order valence-corrected chi connectivity index (χ3v) is 4.34. The van der Waals surface area contributed by atoms with Crippen LogP contribution in [0.4, 0.5) is 13.2 Å². The third kappa shape index (κ3) is 3.91. The molecule has 8 heteroatoms. The smallest absolute Gasteiger partial charge is 0.340 e. The van der Waals surface area contributed by atoms with Crippen molar-refractivity contribution in [3.8, 4) is 0 Å². The van der Waals surface area contributed by atoms with Gasteiger partial charge in [0.25, 0.3) is 0 Å². The Bertz CT molecular complexity index is 449. The number of amides is 2. The molecule has 1 aliphatic carbocycles. The first-order valence-corrected chi connectivity index (χ1v) is 7.60. The lowest BCUT2D eigenvalue weighted by Crippen LogP contribution is -2.52. The van der Waals surface area contributed by atoms with Gasteiger partial charge in [-0.2, -0.15) is 13.2 Å². The average Bonchev–Trinajstić information content (AvgIpc) is 3.21. The van der Waals surface area contributed by atoms with Crippen LogP contribution in [0.1, 0.15) is 32.6 Å². The van der Waals surface area contributed by atoms with Crippen molar-refractivity contribution in [3.63, 3.8) is 0 Å². The number of hydrogen-bond acceptors (Lipinski definition) is 3. The number of nitrogens with zero attached hydrogens (tertiary/aromatic N) is 2. The number of hydrogen-bond donors (Lipinski definition) is 1. The third-order valence-electron chi connectivity index (χ3n) is 4.34. The second-order valence-electron chi connectivity index (χ2n) is 6.21. The molecule has 0 spiro atoms. The summed E-state index contributed by atoms with van der Waals surface area (Å²) in [6.07, 6.45) is -2.02. The summed E-state index contributed by atoms with van der Waals surface area (Å²) in [5, 5.41) is 0. The number of rotatable bonds is 4. The van der Waals surface area contributed by atoms with E-state index in [0.717, 1.165) is 4.90 Å². The molecule has 0 aromatic heterocycles. The van der Waals surface area contributed by atoms with E-state index in [0.29, 0.717) is 32.2 Å². The molecule has 5 nitrogen and oxygen atoms in total. The molecule has 1 atom stereocenters. The van der Waals surface area contributed by atoms with Crippen molar-refractivity contribution in [3.05, 3.63) is 0 Å². The zero-order valence-corrected chi connectivity index (χ0v) is 12.7. The van der Waals surface area contributed by atoms with Gasteiger partial charge in [0.15, 0.2) is 0 Å². The molecular formula is C14H22F3N3O2. The van der Waals surface area contributed by atoms with E-state index >= 15 is 0 Å². The normalized spacial score (nSPS) is 24.0. The van der Waals surface area contributed by atoms with Gasteiger partial charge < -0.3 is 15.5 Å². The van der Waals surface area contributed by atoms with Crippen LogP contribution in [0.2, 0.25) is 0 Å². The molecule has 1 aliphatic heterocycles. The summed E-state index contributed by atoms with van der Waals surface area (Å²) in [7, 11) is 0. The molecule has 2 N–H and O–H groups in total. The number of halogens is 3. The van der Waals surface area contributed by atoms with E-state index in [4.69, 9.17) is 5.73 Å². The average molecular weight is 321 g/mol. The van der Waals surface area contributed by atoms with E-state index in [1.165, 1.54) is 6.92 Å². The standard InChI is InChI=1S/C14H22F3N3O2/c1-2-19(9-14(15,16)17)11(21)10-4-3-7-20(8-10)12(22)13(18)5-6-13/h10H,2-9,18H2,1H3. The quantitative estimate of drug-likeness (QED) is 0.844. The highest BCUT2D eigenvalue weighted by Crippen LogP contribution is 2.35. The molecule has 2 aliphatic rings. The monoisotopic (exact) mass is 321 g/mol. The molecular weight excluding hydrogens is 299 g/mol. The van der Waals surface area contributed by atoms with Gasteiger partial charge in [-0.1, -0.05) is 0 Å². The van der Waals surface area contributed by atoms with Crippen LogP contribution in [0.3, 0.4) is 0 Å². The summed E-state index contributed by atoms with van der Waals surface area (Å²) in [6.45, 7) is 0.976. The van der Waals surface area contributed by atoms with Crippen molar-refractivity contribution in [2.24, 2.45) is 11.7 Å². The fourth-order valence-electron chi connectivity index (χ4n) is 2.85. The lowest BCUT2D eigenvalue weighted by atomic mass is 9.95. The van der Waals surface area contributed by atoms with Gasteiger partial charge in [0, 0.05) is 19.6 Å². The zero-order chi connectivity index (χ0) is 16.5. The highest BCUT2D eigenvalue weighted by atomic mass is 19.4. The van der Waals surface area contributed by atoms with Crippen LogP contribution in [-0.2, 0) is 9.59 Å². The van der Waals surface area contributed by atoms with Gasteiger partial charge in [0.2, 0.25) is 11.8 Å². The maximum absolute atomic E-state index is 12.5. The van der Waals surface area contributed by atoms with E-state index in [1.807, 2.05) is 0 Å². The first-order chi connectivity index (χ1) is 10.2. The van der Waals surface area contributed by atoms with Gasteiger partial charge in [-0.25, -0.2) is 0 Å².